The van der Waals surface area contributed by atoms with Crippen molar-refractivity contribution in [2.24, 2.45) is 5.73 Å². The second-order valence-corrected chi connectivity index (χ2v) is 7.05. The van der Waals surface area contributed by atoms with E-state index in [1.54, 1.807) is 25.4 Å². The number of halogens is 1. The maximum absolute atomic E-state index is 14.2. The van der Waals surface area contributed by atoms with Gasteiger partial charge in [0.25, 0.3) is 0 Å². The first-order valence-corrected chi connectivity index (χ1v) is 9.17. The molecule has 1 amide bonds. The molecule has 2 heterocycles. The van der Waals surface area contributed by atoms with Gasteiger partial charge in [-0.05, 0) is 42.5 Å². The van der Waals surface area contributed by atoms with Gasteiger partial charge in [0.05, 0.1) is 23.0 Å². The molecule has 3 aromatic rings. The summed E-state index contributed by atoms with van der Waals surface area (Å²) in [5.74, 6) is -0.593. The molecule has 0 atom stereocenters. The zero-order valence-electron chi connectivity index (χ0n) is 15.8. The Morgan fingerprint density at radius 1 is 1.21 bits per heavy atom. The van der Waals surface area contributed by atoms with Crippen LogP contribution in [0, 0.1) is 5.82 Å². The summed E-state index contributed by atoms with van der Waals surface area (Å²) in [6.07, 6.45) is 3.39. The molecule has 148 valence electrons. The van der Waals surface area contributed by atoms with E-state index in [9.17, 15) is 9.18 Å². The molecule has 0 radical (unpaired) electrons. The number of hydrogen-bond acceptors (Lipinski definition) is 6. The van der Waals surface area contributed by atoms with Gasteiger partial charge in [0, 0.05) is 37.3 Å². The number of amides is 1. The van der Waals surface area contributed by atoms with E-state index in [0.29, 0.717) is 11.5 Å². The zero-order chi connectivity index (χ0) is 20.4. The first-order chi connectivity index (χ1) is 14.0. The van der Waals surface area contributed by atoms with Gasteiger partial charge < -0.3 is 15.8 Å². The molecule has 7 nitrogen and oxygen atoms in total. The maximum Gasteiger partial charge on any atom is 0.248 e. The molecule has 0 saturated heterocycles. The average Bonchev–Trinajstić information content (AvgIpc) is 2.72. The Morgan fingerprint density at radius 2 is 2.03 bits per heavy atom. The number of primary amides is 1. The Kier molecular flexibility index (Phi) is 4.94. The number of carbonyl (C=O) groups excluding carboxylic acids is 1. The number of methoxy groups -OCH3 is 1. The number of rotatable bonds is 6. The zero-order valence-corrected chi connectivity index (χ0v) is 15.8. The first kappa shape index (κ1) is 18.9. The molecule has 4 rings (SSSR count). The molecule has 1 aliphatic carbocycles. The summed E-state index contributed by atoms with van der Waals surface area (Å²) in [5.41, 5.74) is 6.48. The number of pyridine rings is 1. The van der Waals surface area contributed by atoms with E-state index in [-0.39, 0.29) is 17.2 Å². The summed E-state index contributed by atoms with van der Waals surface area (Å²) >= 11 is 0. The quantitative estimate of drug-likeness (QED) is 0.668. The van der Waals surface area contributed by atoms with Crippen molar-refractivity contribution in [3.8, 4) is 11.3 Å². The number of hydrogen-bond donors (Lipinski definition) is 2. The predicted octanol–water partition coefficient (Wildman–Crippen LogP) is 2.89. The fourth-order valence-electron chi connectivity index (χ4n) is 3.57. The normalized spacial score (nSPS) is 20.7. The van der Waals surface area contributed by atoms with Gasteiger partial charge >= 0.3 is 0 Å². The average molecular weight is 393 g/mol. The number of nitrogens with two attached hydrogens (primary N) is 1. The molecular formula is C21H20FN5O2. The summed E-state index contributed by atoms with van der Waals surface area (Å²) < 4.78 is 19.6. The molecule has 1 fully saturated rings. The lowest BCUT2D eigenvalue weighted by molar-refractivity contribution is -0.00920. The standard InChI is InChI=1S/C21H20FN5O2/c1-29-14-11-21(12-14,18-4-2-3-9-24-18)25-19-8-7-17(26-27-19)15-10-13(20(23)28)5-6-16(15)22/h2-10,14H,11-12H2,1H3,(H2,23,28)(H,25,27). The Balaban J connectivity index is 1.60. The molecule has 0 unspecified atom stereocenters. The SMILES string of the molecule is COC1CC(Nc2ccc(-c3cc(C(N)=O)ccc3F)nn2)(c2ccccn2)C1. The largest absolute Gasteiger partial charge is 0.381 e. The second-order valence-electron chi connectivity index (χ2n) is 7.05. The number of nitrogens with one attached hydrogen (secondary N) is 1. The summed E-state index contributed by atoms with van der Waals surface area (Å²) in [7, 11) is 1.69. The molecule has 1 aliphatic rings. The fraction of sp³-hybridized carbons (Fsp3) is 0.238. The van der Waals surface area contributed by atoms with Crippen LogP contribution in [0.4, 0.5) is 10.2 Å². The minimum atomic E-state index is -0.632. The van der Waals surface area contributed by atoms with Gasteiger partial charge in [-0.2, -0.15) is 0 Å². The maximum atomic E-state index is 14.2. The number of aromatic nitrogens is 3. The second kappa shape index (κ2) is 7.56. The van der Waals surface area contributed by atoms with Crippen LogP contribution in [-0.2, 0) is 10.3 Å². The molecule has 1 aromatic carbocycles. The molecule has 2 aromatic heterocycles. The van der Waals surface area contributed by atoms with Crippen molar-refractivity contribution in [1.82, 2.24) is 15.2 Å². The molecule has 8 heteroatoms. The number of carbonyl (C=O) groups is 1. The van der Waals surface area contributed by atoms with Gasteiger partial charge in [-0.3, -0.25) is 9.78 Å². The Morgan fingerprint density at radius 3 is 2.66 bits per heavy atom. The van der Waals surface area contributed by atoms with Gasteiger partial charge in [-0.1, -0.05) is 6.07 Å². The summed E-state index contributed by atoms with van der Waals surface area (Å²) in [5, 5.41) is 11.7. The van der Waals surface area contributed by atoms with Crippen LogP contribution in [0.1, 0.15) is 28.9 Å². The highest BCUT2D eigenvalue weighted by atomic mass is 19.1. The molecule has 3 N–H and O–H groups in total. The van der Waals surface area contributed by atoms with Crippen molar-refractivity contribution >= 4 is 11.7 Å². The van der Waals surface area contributed by atoms with Crippen LogP contribution in [0.15, 0.2) is 54.7 Å². The highest BCUT2D eigenvalue weighted by molar-refractivity contribution is 5.94. The monoisotopic (exact) mass is 393 g/mol. The van der Waals surface area contributed by atoms with E-state index >= 15 is 0 Å². The predicted molar refractivity (Wildman–Crippen MR) is 106 cm³/mol. The third-order valence-electron chi connectivity index (χ3n) is 5.20. The molecule has 1 saturated carbocycles. The molecule has 0 spiro atoms. The Bertz CT molecular complexity index is 1020. The van der Waals surface area contributed by atoms with Crippen LogP contribution in [0.5, 0.6) is 0 Å². The van der Waals surface area contributed by atoms with Crippen molar-refractivity contribution in [2.45, 2.75) is 24.5 Å². The van der Waals surface area contributed by atoms with Crippen LogP contribution in [0.3, 0.4) is 0 Å². The first-order valence-electron chi connectivity index (χ1n) is 9.17. The van der Waals surface area contributed by atoms with E-state index in [4.69, 9.17) is 10.5 Å². The van der Waals surface area contributed by atoms with E-state index < -0.39 is 17.3 Å². The van der Waals surface area contributed by atoms with E-state index in [1.165, 1.54) is 18.2 Å². The van der Waals surface area contributed by atoms with E-state index in [1.807, 2.05) is 18.2 Å². The van der Waals surface area contributed by atoms with Crippen molar-refractivity contribution < 1.29 is 13.9 Å². The molecular weight excluding hydrogens is 373 g/mol. The Labute approximate surface area is 167 Å². The third-order valence-corrected chi connectivity index (χ3v) is 5.20. The summed E-state index contributed by atoms with van der Waals surface area (Å²) in [6, 6.07) is 13.1. The van der Waals surface area contributed by atoms with E-state index in [2.05, 4.69) is 20.5 Å². The molecule has 29 heavy (non-hydrogen) atoms. The van der Waals surface area contributed by atoms with Gasteiger partial charge in [0.2, 0.25) is 5.91 Å². The number of benzene rings is 1. The minimum absolute atomic E-state index is 0.141. The Hall–Kier alpha value is -3.39. The number of ether oxygens (including phenoxy) is 1. The molecule has 0 aliphatic heterocycles. The minimum Gasteiger partial charge on any atom is -0.381 e. The summed E-state index contributed by atoms with van der Waals surface area (Å²) in [6.45, 7) is 0. The highest BCUT2D eigenvalue weighted by Crippen LogP contribution is 2.44. The van der Waals surface area contributed by atoms with Crippen LogP contribution in [-0.4, -0.2) is 34.3 Å². The van der Waals surface area contributed by atoms with Crippen LogP contribution < -0.4 is 11.1 Å². The van der Waals surface area contributed by atoms with Gasteiger partial charge in [-0.25, -0.2) is 4.39 Å². The van der Waals surface area contributed by atoms with Gasteiger partial charge in [0.15, 0.2) is 0 Å². The lowest BCUT2D eigenvalue weighted by atomic mass is 9.71. The van der Waals surface area contributed by atoms with Crippen molar-refractivity contribution in [3.05, 3.63) is 71.8 Å². The lowest BCUT2D eigenvalue weighted by Gasteiger charge is -2.47. The third kappa shape index (κ3) is 3.66. The topological polar surface area (TPSA) is 103 Å². The van der Waals surface area contributed by atoms with Crippen molar-refractivity contribution in [2.75, 3.05) is 12.4 Å². The smallest absolute Gasteiger partial charge is 0.248 e. The number of anilines is 1. The fourth-order valence-corrected chi connectivity index (χ4v) is 3.57. The van der Waals surface area contributed by atoms with Gasteiger partial charge in [-0.15, -0.1) is 10.2 Å². The van der Waals surface area contributed by atoms with Gasteiger partial charge in [0.1, 0.15) is 11.6 Å². The molecule has 0 bridgehead atoms. The van der Waals surface area contributed by atoms with Crippen LogP contribution in [0.2, 0.25) is 0 Å². The lowest BCUT2D eigenvalue weighted by Crippen LogP contribution is -2.51. The van der Waals surface area contributed by atoms with Crippen LogP contribution >= 0.6 is 0 Å². The number of nitrogens with zero attached hydrogens (tertiary/aromatic N) is 3. The van der Waals surface area contributed by atoms with E-state index in [0.717, 1.165) is 18.5 Å². The van der Waals surface area contributed by atoms with Crippen molar-refractivity contribution in [1.29, 1.82) is 0 Å². The highest BCUT2D eigenvalue weighted by Gasteiger charge is 2.47. The summed E-state index contributed by atoms with van der Waals surface area (Å²) in [4.78, 5) is 15.9. The van der Waals surface area contributed by atoms with Crippen LogP contribution in [0.25, 0.3) is 11.3 Å². The van der Waals surface area contributed by atoms with Crippen molar-refractivity contribution in [3.63, 3.8) is 0 Å².